The largest absolute Gasteiger partial charge is 0.349 e. The Morgan fingerprint density at radius 3 is 2.94 bits per heavy atom. The molecule has 1 aromatic rings. The molecule has 0 spiro atoms. The Morgan fingerprint density at radius 1 is 1.50 bits per heavy atom. The van der Waals surface area contributed by atoms with Crippen LogP contribution in [-0.2, 0) is 0 Å². The van der Waals surface area contributed by atoms with Crippen molar-refractivity contribution in [1.82, 2.24) is 10.6 Å². The molecular weight excluding hydrogens is 255 g/mol. The van der Waals surface area contributed by atoms with Crippen molar-refractivity contribution in [3.05, 3.63) is 35.6 Å². The van der Waals surface area contributed by atoms with Gasteiger partial charge in [0.25, 0.3) is 5.91 Å². The average molecular weight is 273 g/mol. The number of carbonyl (C=O) groups excluding carboxylic acids is 1. The van der Waals surface area contributed by atoms with E-state index in [1.54, 1.807) is 12.1 Å². The molecule has 0 bridgehead atoms. The summed E-state index contributed by atoms with van der Waals surface area (Å²) in [7, 11) is 0. The van der Waals surface area contributed by atoms with Crippen molar-refractivity contribution in [2.75, 3.05) is 13.1 Å². The van der Waals surface area contributed by atoms with Crippen LogP contribution in [0, 0.1) is 11.7 Å². The van der Waals surface area contributed by atoms with Crippen LogP contribution >= 0.6 is 12.4 Å². The summed E-state index contributed by atoms with van der Waals surface area (Å²) in [6, 6.07) is 5.96. The molecule has 2 N–H and O–H groups in total. The van der Waals surface area contributed by atoms with Crippen LogP contribution in [0.4, 0.5) is 4.39 Å². The fourth-order valence-electron chi connectivity index (χ4n) is 2.11. The van der Waals surface area contributed by atoms with Gasteiger partial charge < -0.3 is 10.6 Å². The van der Waals surface area contributed by atoms with Gasteiger partial charge in [-0.2, -0.15) is 0 Å². The van der Waals surface area contributed by atoms with E-state index in [0.717, 1.165) is 19.5 Å². The van der Waals surface area contributed by atoms with Crippen molar-refractivity contribution >= 4 is 18.3 Å². The summed E-state index contributed by atoms with van der Waals surface area (Å²) < 4.78 is 13.0. The molecule has 2 unspecified atom stereocenters. The number of halogens is 2. The van der Waals surface area contributed by atoms with Gasteiger partial charge in [-0.3, -0.25) is 4.79 Å². The summed E-state index contributed by atoms with van der Waals surface area (Å²) in [5.74, 6) is -0.166. The highest BCUT2D eigenvalue weighted by atomic mass is 35.5. The molecule has 0 radical (unpaired) electrons. The third-order valence-corrected chi connectivity index (χ3v) is 3.19. The molecule has 1 aliphatic rings. The Balaban J connectivity index is 0.00000162. The Morgan fingerprint density at radius 2 is 2.28 bits per heavy atom. The smallest absolute Gasteiger partial charge is 0.251 e. The third kappa shape index (κ3) is 3.68. The summed E-state index contributed by atoms with van der Waals surface area (Å²) >= 11 is 0. The van der Waals surface area contributed by atoms with Gasteiger partial charge in [-0.05, 0) is 43.6 Å². The predicted molar refractivity (Wildman–Crippen MR) is 71.6 cm³/mol. The minimum atomic E-state index is -0.379. The molecule has 100 valence electrons. The Hall–Kier alpha value is -1.13. The lowest BCUT2D eigenvalue weighted by Gasteiger charge is -2.30. The molecule has 5 heteroatoms. The van der Waals surface area contributed by atoms with Gasteiger partial charge in [0.05, 0.1) is 0 Å². The summed E-state index contributed by atoms with van der Waals surface area (Å²) in [5, 5.41) is 6.24. The van der Waals surface area contributed by atoms with Gasteiger partial charge in [-0.1, -0.05) is 13.0 Å². The van der Waals surface area contributed by atoms with Gasteiger partial charge in [0.2, 0.25) is 0 Å². The third-order valence-electron chi connectivity index (χ3n) is 3.19. The molecule has 1 aliphatic heterocycles. The number of hydrogen-bond acceptors (Lipinski definition) is 2. The molecule has 1 aromatic carbocycles. The zero-order chi connectivity index (χ0) is 12.3. The summed E-state index contributed by atoms with van der Waals surface area (Å²) in [5.41, 5.74) is 0.385. The highest BCUT2D eigenvalue weighted by Gasteiger charge is 2.22. The normalized spacial score (nSPS) is 23.0. The van der Waals surface area contributed by atoms with Gasteiger partial charge in [0.1, 0.15) is 5.82 Å². The predicted octanol–water partition coefficient (Wildman–Crippen LogP) is 1.98. The maximum atomic E-state index is 13.0. The molecule has 0 saturated carbocycles. The SMILES string of the molecule is CC1CNCCC1NC(=O)c1cccc(F)c1.Cl. The summed E-state index contributed by atoms with van der Waals surface area (Å²) in [6.07, 6.45) is 0.919. The van der Waals surface area contributed by atoms with Crippen molar-refractivity contribution < 1.29 is 9.18 Å². The van der Waals surface area contributed by atoms with Crippen molar-refractivity contribution in [1.29, 1.82) is 0 Å². The van der Waals surface area contributed by atoms with Gasteiger partial charge >= 0.3 is 0 Å². The van der Waals surface area contributed by atoms with E-state index >= 15 is 0 Å². The van der Waals surface area contributed by atoms with Crippen LogP contribution in [0.5, 0.6) is 0 Å². The average Bonchev–Trinajstić information content (AvgIpc) is 2.32. The highest BCUT2D eigenvalue weighted by Crippen LogP contribution is 2.12. The molecule has 0 aliphatic carbocycles. The van der Waals surface area contributed by atoms with E-state index in [-0.39, 0.29) is 30.2 Å². The fourth-order valence-corrected chi connectivity index (χ4v) is 2.11. The van der Waals surface area contributed by atoms with Crippen LogP contribution in [0.1, 0.15) is 23.7 Å². The fraction of sp³-hybridized carbons (Fsp3) is 0.462. The minimum Gasteiger partial charge on any atom is -0.349 e. The number of carbonyl (C=O) groups is 1. The molecule has 1 saturated heterocycles. The first kappa shape index (κ1) is 14.9. The molecule has 18 heavy (non-hydrogen) atoms. The highest BCUT2D eigenvalue weighted by molar-refractivity contribution is 5.94. The van der Waals surface area contributed by atoms with Gasteiger partial charge in [-0.25, -0.2) is 4.39 Å². The zero-order valence-electron chi connectivity index (χ0n) is 10.3. The first-order valence-corrected chi connectivity index (χ1v) is 5.94. The monoisotopic (exact) mass is 272 g/mol. The number of hydrogen-bond donors (Lipinski definition) is 2. The summed E-state index contributed by atoms with van der Waals surface area (Å²) in [6.45, 7) is 3.93. The Labute approximate surface area is 113 Å². The maximum absolute atomic E-state index is 13.0. The maximum Gasteiger partial charge on any atom is 0.251 e. The molecule has 0 aromatic heterocycles. The second kappa shape index (κ2) is 6.71. The van der Waals surface area contributed by atoms with Gasteiger partial charge in [-0.15, -0.1) is 12.4 Å². The Bertz CT molecular complexity index is 414. The van der Waals surface area contributed by atoms with Crippen LogP contribution in [0.15, 0.2) is 24.3 Å². The Kier molecular flexibility index (Phi) is 5.56. The van der Waals surface area contributed by atoms with Crippen molar-refractivity contribution in [2.45, 2.75) is 19.4 Å². The zero-order valence-corrected chi connectivity index (χ0v) is 11.1. The van der Waals surface area contributed by atoms with E-state index in [4.69, 9.17) is 0 Å². The first-order chi connectivity index (χ1) is 8.16. The minimum absolute atomic E-state index is 0. The van der Waals surface area contributed by atoms with Crippen LogP contribution in [0.3, 0.4) is 0 Å². The van der Waals surface area contributed by atoms with Gasteiger partial charge in [0.15, 0.2) is 0 Å². The molecule has 1 fully saturated rings. The van der Waals surface area contributed by atoms with Crippen molar-refractivity contribution in [2.24, 2.45) is 5.92 Å². The van der Waals surface area contributed by atoms with E-state index in [9.17, 15) is 9.18 Å². The van der Waals surface area contributed by atoms with E-state index in [2.05, 4.69) is 17.6 Å². The van der Waals surface area contributed by atoms with E-state index in [1.165, 1.54) is 12.1 Å². The number of nitrogens with one attached hydrogen (secondary N) is 2. The molecule has 1 heterocycles. The number of benzene rings is 1. The number of piperidine rings is 1. The van der Waals surface area contributed by atoms with Crippen LogP contribution < -0.4 is 10.6 Å². The number of amides is 1. The van der Waals surface area contributed by atoms with E-state index in [1.807, 2.05) is 0 Å². The number of rotatable bonds is 2. The molecule has 1 amide bonds. The van der Waals surface area contributed by atoms with Crippen molar-refractivity contribution in [3.63, 3.8) is 0 Å². The molecule has 2 atom stereocenters. The van der Waals surface area contributed by atoms with Crippen LogP contribution in [0.25, 0.3) is 0 Å². The van der Waals surface area contributed by atoms with Crippen LogP contribution in [0.2, 0.25) is 0 Å². The lowest BCUT2D eigenvalue weighted by molar-refractivity contribution is 0.0914. The van der Waals surface area contributed by atoms with Crippen molar-refractivity contribution in [3.8, 4) is 0 Å². The lowest BCUT2D eigenvalue weighted by atomic mass is 9.95. The quantitative estimate of drug-likeness (QED) is 0.864. The second-order valence-corrected chi connectivity index (χ2v) is 4.56. The molecule has 2 rings (SSSR count). The molecule has 3 nitrogen and oxygen atoms in total. The second-order valence-electron chi connectivity index (χ2n) is 4.56. The topological polar surface area (TPSA) is 41.1 Å². The van der Waals surface area contributed by atoms with E-state index in [0.29, 0.717) is 11.5 Å². The van der Waals surface area contributed by atoms with Crippen LogP contribution in [-0.4, -0.2) is 25.0 Å². The lowest BCUT2D eigenvalue weighted by Crippen LogP contribution is -2.48. The summed E-state index contributed by atoms with van der Waals surface area (Å²) in [4.78, 5) is 11.9. The molecular formula is C13H18ClFN2O. The van der Waals surface area contributed by atoms with E-state index < -0.39 is 0 Å². The first-order valence-electron chi connectivity index (χ1n) is 5.94. The van der Waals surface area contributed by atoms with Gasteiger partial charge in [0, 0.05) is 11.6 Å². The standard InChI is InChI=1S/C13H17FN2O.ClH/c1-9-8-15-6-5-12(9)16-13(17)10-3-2-4-11(14)7-10;/h2-4,7,9,12,15H,5-6,8H2,1H3,(H,16,17);1H.